The van der Waals surface area contributed by atoms with Gasteiger partial charge in [-0.3, -0.25) is 4.79 Å². The van der Waals surface area contributed by atoms with E-state index < -0.39 is 0 Å². The number of carbonyl (C=O) groups excluding carboxylic acids is 1. The van der Waals surface area contributed by atoms with E-state index in [1.807, 2.05) is 54.0 Å². The largest absolute Gasteiger partial charge is 0.493 e. The molecule has 0 aliphatic rings. The van der Waals surface area contributed by atoms with Crippen LogP contribution in [0.15, 0.2) is 52.4 Å². The maximum atomic E-state index is 12.5. The van der Waals surface area contributed by atoms with Crippen LogP contribution in [0.25, 0.3) is 10.2 Å². The van der Waals surface area contributed by atoms with Crippen molar-refractivity contribution >= 4 is 39.2 Å². The third-order valence-electron chi connectivity index (χ3n) is 4.40. The number of ether oxygens (including phenoxy) is 3. The number of amides is 1. The summed E-state index contributed by atoms with van der Waals surface area (Å²) in [4.78, 5) is 18.8. The summed E-state index contributed by atoms with van der Waals surface area (Å²) in [5, 5.41) is 0. The lowest BCUT2D eigenvalue weighted by molar-refractivity contribution is -0.117. The lowest BCUT2D eigenvalue weighted by atomic mass is 10.3. The van der Waals surface area contributed by atoms with Gasteiger partial charge in [-0.15, -0.1) is 11.8 Å². The molecular formula is C22H26N2O4S2. The molecule has 6 nitrogen and oxygen atoms in total. The summed E-state index contributed by atoms with van der Waals surface area (Å²) < 4.78 is 19.4. The molecule has 1 aromatic heterocycles. The SMILES string of the molecule is CCOCCn1c(=NC(=O)CCSc2ccccc2)sc2cc(OC)c(OC)cc21. The molecule has 0 aliphatic heterocycles. The van der Waals surface area contributed by atoms with E-state index >= 15 is 0 Å². The van der Waals surface area contributed by atoms with E-state index in [1.165, 1.54) is 11.3 Å². The van der Waals surface area contributed by atoms with E-state index in [4.69, 9.17) is 14.2 Å². The van der Waals surface area contributed by atoms with Crippen LogP contribution in [0.4, 0.5) is 0 Å². The minimum atomic E-state index is -0.130. The molecule has 2 aromatic carbocycles. The summed E-state index contributed by atoms with van der Waals surface area (Å²) in [7, 11) is 3.22. The quantitative estimate of drug-likeness (QED) is 0.342. The maximum Gasteiger partial charge on any atom is 0.249 e. The Labute approximate surface area is 184 Å². The predicted molar refractivity (Wildman–Crippen MR) is 122 cm³/mol. The third-order valence-corrected chi connectivity index (χ3v) is 6.45. The predicted octanol–water partition coefficient (Wildman–Crippen LogP) is 4.37. The monoisotopic (exact) mass is 446 g/mol. The first kappa shape index (κ1) is 22.4. The normalized spacial score (nSPS) is 11.8. The lowest BCUT2D eigenvalue weighted by Crippen LogP contribution is -2.19. The van der Waals surface area contributed by atoms with Crippen LogP contribution in [0.1, 0.15) is 13.3 Å². The van der Waals surface area contributed by atoms with Crippen LogP contribution in [-0.4, -0.2) is 43.7 Å². The molecule has 160 valence electrons. The highest BCUT2D eigenvalue weighted by Gasteiger charge is 2.13. The number of fused-ring (bicyclic) bond motifs is 1. The van der Waals surface area contributed by atoms with Gasteiger partial charge in [0.15, 0.2) is 16.3 Å². The number of rotatable bonds is 10. The molecule has 0 bridgehead atoms. The molecule has 0 radical (unpaired) electrons. The van der Waals surface area contributed by atoms with E-state index in [0.717, 1.165) is 15.1 Å². The summed E-state index contributed by atoms with van der Waals surface area (Å²) in [6, 6.07) is 13.9. The average Bonchev–Trinajstić information content (AvgIpc) is 3.09. The van der Waals surface area contributed by atoms with Gasteiger partial charge in [-0.1, -0.05) is 29.5 Å². The summed E-state index contributed by atoms with van der Waals surface area (Å²) >= 11 is 3.12. The van der Waals surface area contributed by atoms with Crippen LogP contribution in [0.2, 0.25) is 0 Å². The van der Waals surface area contributed by atoms with Crippen molar-refractivity contribution in [3.8, 4) is 11.5 Å². The number of hydrogen-bond acceptors (Lipinski definition) is 6. The Bertz CT molecular complexity index is 1040. The number of hydrogen-bond donors (Lipinski definition) is 0. The molecule has 1 heterocycles. The molecule has 30 heavy (non-hydrogen) atoms. The number of nitrogens with zero attached hydrogens (tertiary/aromatic N) is 2. The molecule has 0 unspecified atom stereocenters. The second-order valence-electron chi connectivity index (χ2n) is 6.33. The Kier molecular flexibility index (Phi) is 8.36. The molecule has 1 amide bonds. The van der Waals surface area contributed by atoms with Crippen molar-refractivity contribution in [1.82, 2.24) is 4.57 Å². The smallest absolute Gasteiger partial charge is 0.249 e. The maximum absolute atomic E-state index is 12.5. The first-order valence-electron chi connectivity index (χ1n) is 9.74. The third kappa shape index (κ3) is 5.65. The molecule has 0 fully saturated rings. The topological polar surface area (TPSA) is 62.1 Å². The minimum absolute atomic E-state index is 0.130. The molecule has 0 saturated carbocycles. The highest BCUT2D eigenvalue weighted by molar-refractivity contribution is 7.99. The lowest BCUT2D eigenvalue weighted by Gasteiger charge is -2.09. The zero-order valence-corrected chi connectivity index (χ0v) is 19.1. The van der Waals surface area contributed by atoms with Crippen LogP contribution < -0.4 is 14.3 Å². The summed E-state index contributed by atoms with van der Waals surface area (Å²) in [6.45, 7) is 3.75. The minimum Gasteiger partial charge on any atom is -0.493 e. The Morgan fingerprint density at radius 1 is 1.13 bits per heavy atom. The van der Waals surface area contributed by atoms with Crippen molar-refractivity contribution in [2.45, 2.75) is 24.8 Å². The van der Waals surface area contributed by atoms with Crippen molar-refractivity contribution in [2.24, 2.45) is 4.99 Å². The molecule has 0 spiro atoms. The van der Waals surface area contributed by atoms with Gasteiger partial charge in [0.05, 0.1) is 31.0 Å². The molecule has 0 atom stereocenters. The number of benzene rings is 2. The van der Waals surface area contributed by atoms with Gasteiger partial charge in [0.2, 0.25) is 5.91 Å². The van der Waals surface area contributed by atoms with Gasteiger partial charge in [-0.2, -0.15) is 4.99 Å². The molecule has 0 N–H and O–H groups in total. The zero-order valence-electron chi connectivity index (χ0n) is 17.4. The molecule has 0 aliphatic carbocycles. The van der Waals surface area contributed by atoms with Crippen LogP contribution in [0.3, 0.4) is 0 Å². The number of carbonyl (C=O) groups is 1. The Balaban J connectivity index is 1.86. The van der Waals surface area contributed by atoms with Crippen LogP contribution in [0, 0.1) is 0 Å². The molecular weight excluding hydrogens is 420 g/mol. The second kappa shape index (κ2) is 11.2. The van der Waals surface area contributed by atoms with Crippen LogP contribution in [0.5, 0.6) is 11.5 Å². The van der Waals surface area contributed by atoms with E-state index in [1.54, 1.807) is 26.0 Å². The number of aromatic nitrogens is 1. The van der Waals surface area contributed by atoms with Crippen molar-refractivity contribution in [2.75, 3.05) is 33.2 Å². The van der Waals surface area contributed by atoms with Crippen molar-refractivity contribution in [3.05, 3.63) is 47.3 Å². The highest BCUT2D eigenvalue weighted by Crippen LogP contribution is 2.33. The number of methoxy groups -OCH3 is 2. The highest BCUT2D eigenvalue weighted by atomic mass is 32.2. The first-order chi connectivity index (χ1) is 14.7. The van der Waals surface area contributed by atoms with Gasteiger partial charge in [0, 0.05) is 42.4 Å². The fourth-order valence-corrected chi connectivity index (χ4v) is 4.88. The molecule has 3 aromatic rings. The van der Waals surface area contributed by atoms with E-state index in [2.05, 4.69) is 4.99 Å². The summed E-state index contributed by atoms with van der Waals surface area (Å²) in [5.41, 5.74) is 0.947. The van der Waals surface area contributed by atoms with Gasteiger partial charge in [0.1, 0.15) is 0 Å². The van der Waals surface area contributed by atoms with Crippen LogP contribution in [-0.2, 0) is 16.1 Å². The Morgan fingerprint density at radius 2 is 1.87 bits per heavy atom. The van der Waals surface area contributed by atoms with Crippen molar-refractivity contribution in [1.29, 1.82) is 0 Å². The Morgan fingerprint density at radius 3 is 2.57 bits per heavy atom. The number of thiazole rings is 1. The van der Waals surface area contributed by atoms with E-state index in [0.29, 0.717) is 48.2 Å². The Hall–Kier alpha value is -2.29. The van der Waals surface area contributed by atoms with Gasteiger partial charge in [-0.05, 0) is 19.1 Å². The average molecular weight is 447 g/mol. The van der Waals surface area contributed by atoms with Crippen molar-refractivity contribution in [3.63, 3.8) is 0 Å². The van der Waals surface area contributed by atoms with Crippen LogP contribution >= 0.6 is 23.1 Å². The molecule has 3 rings (SSSR count). The second-order valence-corrected chi connectivity index (χ2v) is 8.50. The van der Waals surface area contributed by atoms with Gasteiger partial charge in [-0.25, -0.2) is 0 Å². The first-order valence-corrected chi connectivity index (χ1v) is 11.5. The van der Waals surface area contributed by atoms with Gasteiger partial charge >= 0.3 is 0 Å². The summed E-state index contributed by atoms with van der Waals surface area (Å²) in [5.74, 6) is 1.86. The fourth-order valence-electron chi connectivity index (χ4n) is 2.93. The molecule has 8 heteroatoms. The number of thioether (sulfide) groups is 1. The van der Waals surface area contributed by atoms with E-state index in [-0.39, 0.29) is 5.91 Å². The van der Waals surface area contributed by atoms with Gasteiger partial charge in [0.25, 0.3) is 0 Å². The standard InChI is InChI=1S/C22H26N2O4S2/c1-4-28-12-11-24-17-14-18(26-2)19(27-3)15-20(17)30-22(24)23-21(25)10-13-29-16-8-6-5-7-9-16/h5-9,14-15H,4,10-13H2,1-3H3. The zero-order chi connectivity index (χ0) is 21.3. The van der Waals surface area contributed by atoms with Crippen molar-refractivity contribution < 1.29 is 19.0 Å². The molecule has 0 saturated heterocycles. The van der Waals surface area contributed by atoms with Gasteiger partial charge < -0.3 is 18.8 Å². The fraction of sp³-hybridized carbons (Fsp3) is 0.364. The summed E-state index contributed by atoms with van der Waals surface area (Å²) in [6.07, 6.45) is 0.381. The van der Waals surface area contributed by atoms with E-state index in [9.17, 15) is 4.79 Å².